The van der Waals surface area contributed by atoms with Crippen molar-refractivity contribution in [1.29, 1.82) is 0 Å². The molecule has 7 heteroatoms. The van der Waals surface area contributed by atoms with E-state index in [0.717, 1.165) is 24.7 Å². The first-order valence-electron chi connectivity index (χ1n) is 9.27. The van der Waals surface area contributed by atoms with Crippen molar-refractivity contribution in [2.24, 2.45) is 4.99 Å². The van der Waals surface area contributed by atoms with Gasteiger partial charge in [0.05, 0.1) is 6.54 Å². The molecule has 0 saturated carbocycles. The number of amides is 1. The average Bonchev–Trinajstić information content (AvgIpc) is 2.63. The van der Waals surface area contributed by atoms with Gasteiger partial charge in [0.15, 0.2) is 5.96 Å². The van der Waals surface area contributed by atoms with E-state index in [0.29, 0.717) is 18.8 Å². The molecule has 0 saturated heterocycles. The van der Waals surface area contributed by atoms with Crippen LogP contribution in [0.1, 0.15) is 30.2 Å². The fraction of sp³-hybridized carbons (Fsp3) is 0.381. The summed E-state index contributed by atoms with van der Waals surface area (Å²) >= 11 is 0. The minimum atomic E-state index is -0.0887. The summed E-state index contributed by atoms with van der Waals surface area (Å²) in [5, 5.41) is 6.10. The molecule has 0 aliphatic rings. The average molecular weight is 495 g/mol. The smallest absolute Gasteiger partial charge is 0.227 e. The molecule has 0 unspecified atom stereocenters. The predicted octanol–water partition coefficient (Wildman–Crippen LogP) is 3.74. The van der Waals surface area contributed by atoms with E-state index in [2.05, 4.69) is 44.6 Å². The van der Waals surface area contributed by atoms with Gasteiger partial charge in [-0.15, -0.1) is 24.0 Å². The summed E-state index contributed by atoms with van der Waals surface area (Å²) in [7, 11) is 2.00. The summed E-state index contributed by atoms with van der Waals surface area (Å²) in [6.45, 7) is 7.99. The van der Waals surface area contributed by atoms with Crippen molar-refractivity contribution in [3.63, 3.8) is 0 Å². The van der Waals surface area contributed by atoms with Crippen LogP contribution >= 0.6 is 24.0 Å². The van der Waals surface area contributed by atoms with Gasteiger partial charge >= 0.3 is 0 Å². The molecule has 1 aromatic carbocycles. The molecule has 1 aromatic heterocycles. The Morgan fingerprint density at radius 2 is 1.89 bits per heavy atom. The van der Waals surface area contributed by atoms with Gasteiger partial charge in [-0.1, -0.05) is 30.3 Å². The number of pyridine rings is 1. The number of halogens is 1. The third-order valence-electron chi connectivity index (χ3n) is 4.12. The SMILES string of the molecule is CCNC(=NCCC(=O)Nc1cccc(C)n1)N(C)Cc1ccccc1C.I. The molecule has 1 amide bonds. The van der Waals surface area contributed by atoms with E-state index in [1.807, 2.05) is 45.2 Å². The van der Waals surface area contributed by atoms with Crippen LogP contribution in [0, 0.1) is 13.8 Å². The van der Waals surface area contributed by atoms with Crippen molar-refractivity contribution in [1.82, 2.24) is 15.2 Å². The van der Waals surface area contributed by atoms with Crippen molar-refractivity contribution in [2.75, 3.05) is 25.5 Å². The van der Waals surface area contributed by atoms with Gasteiger partial charge in [-0.3, -0.25) is 9.79 Å². The van der Waals surface area contributed by atoms with E-state index < -0.39 is 0 Å². The zero-order chi connectivity index (χ0) is 19.6. The van der Waals surface area contributed by atoms with Crippen molar-refractivity contribution < 1.29 is 4.79 Å². The van der Waals surface area contributed by atoms with Gasteiger partial charge in [-0.2, -0.15) is 0 Å². The first-order valence-corrected chi connectivity index (χ1v) is 9.27. The van der Waals surface area contributed by atoms with E-state index >= 15 is 0 Å². The zero-order valence-corrected chi connectivity index (χ0v) is 19.4. The molecule has 1 heterocycles. The summed E-state index contributed by atoms with van der Waals surface area (Å²) in [5.74, 6) is 1.28. The number of aryl methyl sites for hydroxylation is 2. The molecule has 0 atom stereocenters. The Morgan fingerprint density at radius 1 is 1.14 bits per heavy atom. The number of carbonyl (C=O) groups excluding carboxylic acids is 1. The number of nitrogens with zero attached hydrogens (tertiary/aromatic N) is 3. The van der Waals surface area contributed by atoms with Crippen LogP contribution in [-0.2, 0) is 11.3 Å². The number of benzene rings is 1. The summed E-state index contributed by atoms with van der Waals surface area (Å²) in [5.41, 5.74) is 3.39. The Balaban J connectivity index is 0.00000392. The van der Waals surface area contributed by atoms with Crippen LogP contribution < -0.4 is 10.6 Å². The van der Waals surface area contributed by atoms with Gasteiger partial charge in [0, 0.05) is 32.3 Å². The second-order valence-electron chi connectivity index (χ2n) is 6.48. The van der Waals surface area contributed by atoms with E-state index in [4.69, 9.17) is 0 Å². The second-order valence-corrected chi connectivity index (χ2v) is 6.48. The molecule has 0 fully saturated rings. The minimum absolute atomic E-state index is 0. The number of aromatic nitrogens is 1. The maximum absolute atomic E-state index is 12.1. The number of hydrogen-bond donors (Lipinski definition) is 2. The summed E-state index contributed by atoms with van der Waals surface area (Å²) < 4.78 is 0. The number of guanidine groups is 1. The van der Waals surface area contributed by atoms with Gasteiger partial charge in [0.2, 0.25) is 5.91 Å². The lowest BCUT2D eigenvalue weighted by atomic mass is 10.1. The monoisotopic (exact) mass is 495 g/mol. The van der Waals surface area contributed by atoms with Crippen molar-refractivity contribution in [3.05, 3.63) is 59.3 Å². The maximum Gasteiger partial charge on any atom is 0.227 e. The third-order valence-corrected chi connectivity index (χ3v) is 4.12. The lowest BCUT2D eigenvalue weighted by molar-refractivity contribution is -0.116. The van der Waals surface area contributed by atoms with Crippen molar-refractivity contribution in [3.8, 4) is 0 Å². The molecule has 0 spiro atoms. The summed E-state index contributed by atoms with van der Waals surface area (Å²) in [6, 6.07) is 13.9. The Hall–Kier alpha value is -2.16. The highest BCUT2D eigenvalue weighted by molar-refractivity contribution is 14.0. The van der Waals surface area contributed by atoms with E-state index in [1.54, 1.807) is 6.07 Å². The number of hydrogen-bond acceptors (Lipinski definition) is 3. The van der Waals surface area contributed by atoms with Crippen LogP contribution in [0.5, 0.6) is 0 Å². The van der Waals surface area contributed by atoms with Crippen LogP contribution in [0.15, 0.2) is 47.5 Å². The number of rotatable bonds is 7. The normalized spacial score (nSPS) is 10.8. The first-order chi connectivity index (χ1) is 13.0. The molecule has 2 rings (SSSR count). The van der Waals surface area contributed by atoms with Crippen LogP contribution in [-0.4, -0.2) is 41.9 Å². The summed E-state index contributed by atoms with van der Waals surface area (Å²) in [4.78, 5) is 23.1. The van der Waals surface area contributed by atoms with Gasteiger partial charge in [-0.05, 0) is 44.0 Å². The highest BCUT2D eigenvalue weighted by Crippen LogP contribution is 2.10. The molecule has 2 aromatic rings. The third kappa shape index (κ3) is 7.84. The van der Waals surface area contributed by atoms with Gasteiger partial charge < -0.3 is 15.5 Å². The molecule has 0 bridgehead atoms. The van der Waals surface area contributed by atoms with Crippen LogP contribution in [0.2, 0.25) is 0 Å². The standard InChI is InChI=1S/C21H29N5O.HI/c1-5-22-21(26(4)15-18-11-7-6-9-16(18)2)23-14-13-20(27)25-19-12-8-10-17(3)24-19;/h6-12H,5,13-15H2,1-4H3,(H,22,23)(H,24,25,27);1H. The highest BCUT2D eigenvalue weighted by Gasteiger charge is 2.09. The molecule has 2 N–H and O–H groups in total. The zero-order valence-electron chi connectivity index (χ0n) is 17.0. The summed E-state index contributed by atoms with van der Waals surface area (Å²) in [6.07, 6.45) is 0.308. The Labute approximate surface area is 184 Å². The van der Waals surface area contributed by atoms with Crippen molar-refractivity contribution >= 4 is 41.7 Å². The van der Waals surface area contributed by atoms with Gasteiger partial charge in [0.25, 0.3) is 0 Å². The second kappa shape index (κ2) is 12.3. The van der Waals surface area contributed by atoms with Crippen molar-refractivity contribution in [2.45, 2.75) is 33.7 Å². The Bertz CT molecular complexity index is 794. The molecule has 28 heavy (non-hydrogen) atoms. The number of aliphatic imine (C=N–C) groups is 1. The predicted molar refractivity (Wildman–Crippen MR) is 126 cm³/mol. The van der Waals surface area contributed by atoms with Gasteiger partial charge in [0.1, 0.15) is 5.82 Å². The molecular weight excluding hydrogens is 465 g/mol. The topological polar surface area (TPSA) is 69.6 Å². The lowest BCUT2D eigenvalue weighted by Crippen LogP contribution is -2.38. The molecular formula is C21H30IN5O. The molecule has 0 radical (unpaired) electrons. The van der Waals surface area contributed by atoms with Crippen LogP contribution in [0.3, 0.4) is 0 Å². The van der Waals surface area contributed by atoms with E-state index in [-0.39, 0.29) is 29.9 Å². The Morgan fingerprint density at radius 3 is 2.57 bits per heavy atom. The molecule has 0 aliphatic heterocycles. The molecule has 6 nitrogen and oxygen atoms in total. The number of carbonyl (C=O) groups is 1. The minimum Gasteiger partial charge on any atom is -0.357 e. The number of nitrogens with one attached hydrogen (secondary N) is 2. The van der Waals surface area contributed by atoms with Crippen LogP contribution in [0.25, 0.3) is 0 Å². The van der Waals surface area contributed by atoms with E-state index in [1.165, 1.54) is 11.1 Å². The van der Waals surface area contributed by atoms with Gasteiger partial charge in [-0.25, -0.2) is 4.98 Å². The molecule has 152 valence electrons. The quantitative estimate of drug-likeness (QED) is 0.349. The fourth-order valence-corrected chi connectivity index (χ4v) is 2.67. The Kier molecular flexibility index (Phi) is 10.5. The highest BCUT2D eigenvalue weighted by atomic mass is 127. The number of anilines is 1. The van der Waals surface area contributed by atoms with Crippen LogP contribution in [0.4, 0.5) is 5.82 Å². The maximum atomic E-state index is 12.1. The largest absolute Gasteiger partial charge is 0.357 e. The lowest BCUT2D eigenvalue weighted by Gasteiger charge is -2.23. The molecule has 0 aliphatic carbocycles. The first kappa shape index (κ1) is 23.9. The fourth-order valence-electron chi connectivity index (χ4n) is 2.67. The van der Waals surface area contributed by atoms with E-state index in [9.17, 15) is 4.79 Å².